The number of nitrogens with zero attached hydrogens (tertiary/aromatic N) is 1. The Balaban J connectivity index is 1.75. The topological polar surface area (TPSA) is 82.1 Å². The molecule has 2 aromatic carbocycles. The first kappa shape index (κ1) is 22.6. The smallest absolute Gasteiger partial charge is 0.223 e. The van der Waals surface area contributed by atoms with Crippen molar-refractivity contribution in [3.8, 4) is 0 Å². The van der Waals surface area contributed by atoms with Gasteiger partial charge in [0, 0.05) is 29.9 Å². The van der Waals surface area contributed by atoms with Crippen LogP contribution in [0.3, 0.4) is 0 Å². The van der Waals surface area contributed by atoms with Gasteiger partial charge < -0.3 is 9.87 Å². The number of benzene rings is 2. The molecule has 3 aromatic rings. The first-order valence-corrected chi connectivity index (χ1v) is 12.1. The summed E-state index contributed by atoms with van der Waals surface area (Å²) in [7, 11) is 0. The normalized spacial score (nSPS) is 12.0. The number of hydrogen-bond acceptors (Lipinski definition) is 5. The Kier molecular flexibility index (Phi) is 8.16. The average molecular weight is 462 g/mol. The van der Waals surface area contributed by atoms with E-state index < -0.39 is 11.1 Å². The number of rotatable bonds is 9. The third-order valence-corrected chi connectivity index (χ3v) is 6.45. The fraction of sp³-hybridized carbons (Fsp3) is 0.273. The van der Waals surface area contributed by atoms with Crippen molar-refractivity contribution < 1.29 is 13.6 Å². The van der Waals surface area contributed by atoms with Crippen LogP contribution < -0.4 is 5.32 Å². The van der Waals surface area contributed by atoms with Gasteiger partial charge in [-0.15, -0.1) is 22.9 Å². The predicted molar refractivity (Wildman–Crippen MR) is 122 cm³/mol. The second-order valence-corrected chi connectivity index (χ2v) is 9.21. The number of alkyl halides is 1. The third-order valence-electron chi connectivity index (χ3n) is 4.56. The minimum atomic E-state index is -2.10. The third kappa shape index (κ3) is 6.74. The molecule has 1 amide bonds. The van der Waals surface area contributed by atoms with Gasteiger partial charge in [-0.3, -0.25) is 9.00 Å². The van der Waals surface area contributed by atoms with Crippen molar-refractivity contribution in [3.05, 3.63) is 81.4 Å². The highest BCUT2D eigenvalue weighted by Gasteiger charge is 2.13. The number of thiazole rings is 1. The lowest BCUT2D eigenvalue weighted by atomic mass is 10.0. The SMILES string of the molecule is CC(=O)Nc1nc(CCc2ccc(CCl)cc2)c(Cc2ccc(CS(=O)[O-])cc2)s1. The van der Waals surface area contributed by atoms with E-state index in [0.717, 1.165) is 40.1 Å². The van der Waals surface area contributed by atoms with Crippen molar-refractivity contribution in [1.29, 1.82) is 0 Å². The van der Waals surface area contributed by atoms with Gasteiger partial charge in [0.25, 0.3) is 0 Å². The molecule has 1 N–H and O–H groups in total. The number of hydrogen-bond donors (Lipinski definition) is 1. The van der Waals surface area contributed by atoms with Gasteiger partial charge in [-0.2, -0.15) is 0 Å². The largest absolute Gasteiger partial charge is 0.772 e. The Labute approximate surface area is 187 Å². The van der Waals surface area contributed by atoms with Crippen molar-refractivity contribution in [3.63, 3.8) is 0 Å². The Morgan fingerprint density at radius 1 is 1.03 bits per heavy atom. The van der Waals surface area contributed by atoms with E-state index in [9.17, 15) is 13.6 Å². The summed E-state index contributed by atoms with van der Waals surface area (Å²) in [4.78, 5) is 17.2. The zero-order chi connectivity index (χ0) is 21.5. The molecule has 0 spiro atoms. The standard InChI is InChI=1S/C22H23ClN2O3S2/c1-15(26)24-22-25-20(11-10-16-2-6-18(13-23)7-3-16)21(29-22)12-17-4-8-19(9-5-17)14-30(27)28/h2-9H,10-14H2,1H3,(H,27,28)(H,24,25,26)/p-1. The second kappa shape index (κ2) is 10.8. The molecule has 1 aromatic heterocycles. The number of amides is 1. The van der Waals surface area contributed by atoms with Gasteiger partial charge in [-0.25, -0.2) is 4.98 Å². The summed E-state index contributed by atoms with van der Waals surface area (Å²) >= 11 is 5.24. The van der Waals surface area contributed by atoms with E-state index in [-0.39, 0.29) is 11.7 Å². The van der Waals surface area contributed by atoms with Gasteiger partial charge in [0.2, 0.25) is 5.91 Å². The van der Waals surface area contributed by atoms with Crippen molar-refractivity contribution in [2.45, 2.75) is 37.8 Å². The van der Waals surface area contributed by atoms with E-state index in [1.807, 2.05) is 36.4 Å². The Bertz CT molecular complexity index is 1020. The molecule has 3 rings (SSSR count). The van der Waals surface area contributed by atoms with Crippen LogP contribution in [-0.4, -0.2) is 19.7 Å². The lowest BCUT2D eigenvalue weighted by Gasteiger charge is -2.07. The fourth-order valence-corrected chi connectivity index (χ4v) is 4.78. The summed E-state index contributed by atoms with van der Waals surface area (Å²) in [5.74, 6) is 0.370. The minimum absolute atomic E-state index is 0.0152. The Morgan fingerprint density at radius 3 is 2.23 bits per heavy atom. The van der Waals surface area contributed by atoms with Gasteiger partial charge in [-0.1, -0.05) is 59.6 Å². The molecule has 8 heteroatoms. The van der Waals surface area contributed by atoms with Crippen LogP contribution in [0.4, 0.5) is 5.13 Å². The highest BCUT2D eigenvalue weighted by molar-refractivity contribution is 7.78. The van der Waals surface area contributed by atoms with Gasteiger partial charge in [0.1, 0.15) is 0 Å². The first-order valence-electron chi connectivity index (χ1n) is 9.46. The molecule has 0 saturated heterocycles. The molecule has 0 aliphatic heterocycles. The fourth-order valence-electron chi connectivity index (χ4n) is 3.05. The molecular formula is C22H22ClN2O3S2-. The van der Waals surface area contributed by atoms with Crippen LogP contribution in [0.2, 0.25) is 0 Å². The van der Waals surface area contributed by atoms with Crippen LogP contribution in [0, 0.1) is 0 Å². The number of aryl methyl sites for hydroxylation is 2. The van der Waals surface area contributed by atoms with E-state index in [0.29, 0.717) is 17.4 Å². The molecule has 158 valence electrons. The number of nitrogens with one attached hydrogen (secondary N) is 1. The van der Waals surface area contributed by atoms with Gasteiger partial charge in [0.15, 0.2) is 5.13 Å². The molecule has 0 fully saturated rings. The number of carbonyl (C=O) groups excluding carboxylic acids is 1. The van der Waals surface area contributed by atoms with Gasteiger partial charge >= 0.3 is 0 Å². The monoisotopic (exact) mass is 461 g/mol. The van der Waals surface area contributed by atoms with Gasteiger partial charge in [0.05, 0.1) is 5.69 Å². The first-order chi connectivity index (χ1) is 14.4. The molecule has 0 aliphatic rings. The molecule has 0 saturated carbocycles. The van der Waals surface area contributed by atoms with E-state index >= 15 is 0 Å². The lowest BCUT2D eigenvalue weighted by molar-refractivity contribution is -0.114. The van der Waals surface area contributed by atoms with Crippen molar-refractivity contribution in [1.82, 2.24) is 4.98 Å². The lowest BCUT2D eigenvalue weighted by Crippen LogP contribution is -2.05. The molecule has 0 bridgehead atoms. The van der Waals surface area contributed by atoms with Crippen molar-refractivity contribution in [2.24, 2.45) is 0 Å². The number of halogens is 1. The summed E-state index contributed by atoms with van der Waals surface area (Å²) in [6.07, 6.45) is 2.28. The molecule has 5 nitrogen and oxygen atoms in total. The molecular weight excluding hydrogens is 440 g/mol. The molecule has 0 radical (unpaired) electrons. The number of aromatic nitrogens is 1. The van der Waals surface area contributed by atoms with Crippen molar-refractivity contribution in [2.75, 3.05) is 5.32 Å². The van der Waals surface area contributed by atoms with E-state index in [1.54, 1.807) is 0 Å². The summed E-state index contributed by atoms with van der Waals surface area (Å²) in [6.45, 7) is 1.47. The summed E-state index contributed by atoms with van der Waals surface area (Å²) in [6, 6.07) is 15.8. The molecule has 30 heavy (non-hydrogen) atoms. The second-order valence-electron chi connectivity index (χ2n) is 6.96. The number of carbonyl (C=O) groups is 1. The van der Waals surface area contributed by atoms with Crippen LogP contribution >= 0.6 is 22.9 Å². The van der Waals surface area contributed by atoms with Crippen LogP contribution in [0.15, 0.2) is 48.5 Å². The van der Waals surface area contributed by atoms with Crippen LogP contribution in [0.5, 0.6) is 0 Å². The number of anilines is 1. The maximum Gasteiger partial charge on any atom is 0.223 e. The quantitative estimate of drug-likeness (QED) is 0.373. The molecule has 1 atom stereocenters. The van der Waals surface area contributed by atoms with Crippen LogP contribution in [0.25, 0.3) is 0 Å². The summed E-state index contributed by atoms with van der Waals surface area (Å²) < 4.78 is 21.7. The maximum atomic E-state index is 11.5. The van der Waals surface area contributed by atoms with E-state index in [4.69, 9.17) is 11.6 Å². The highest BCUT2D eigenvalue weighted by atomic mass is 35.5. The predicted octanol–water partition coefficient (Wildman–Crippen LogP) is 4.60. The zero-order valence-corrected chi connectivity index (χ0v) is 18.9. The Morgan fingerprint density at radius 2 is 1.63 bits per heavy atom. The average Bonchev–Trinajstić information content (AvgIpc) is 3.08. The Hall–Kier alpha value is -2.06. The van der Waals surface area contributed by atoms with E-state index in [2.05, 4.69) is 22.4 Å². The van der Waals surface area contributed by atoms with Gasteiger partial charge in [-0.05, 0) is 35.1 Å². The maximum absolute atomic E-state index is 11.5. The van der Waals surface area contributed by atoms with E-state index in [1.165, 1.54) is 23.8 Å². The summed E-state index contributed by atoms with van der Waals surface area (Å²) in [5, 5.41) is 3.38. The zero-order valence-electron chi connectivity index (χ0n) is 16.5. The highest BCUT2D eigenvalue weighted by Crippen LogP contribution is 2.27. The van der Waals surface area contributed by atoms with Crippen molar-refractivity contribution >= 4 is 45.1 Å². The molecule has 0 aliphatic carbocycles. The van der Waals surface area contributed by atoms with Crippen LogP contribution in [-0.2, 0) is 46.8 Å². The van der Waals surface area contributed by atoms with Crippen LogP contribution in [0.1, 0.15) is 39.7 Å². The minimum Gasteiger partial charge on any atom is -0.772 e. The summed E-state index contributed by atoms with van der Waals surface area (Å²) in [5.41, 5.74) is 5.10. The molecule has 1 heterocycles. The molecule has 1 unspecified atom stereocenters.